The van der Waals surface area contributed by atoms with Gasteiger partial charge in [-0.25, -0.2) is 0 Å². The molecule has 0 atom stereocenters. The molecular formula is C14H12N4O. The molecule has 19 heavy (non-hydrogen) atoms. The molecule has 3 aromatic rings. The first kappa shape index (κ1) is 11.4. The summed E-state index contributed by atoms with van der Waals surface area (Å²) in [6.07, 6.45) is 0. The summed E-state index contributed by atoms with van der Waals surface area (Å²) in [5.74, 6) is -0.0873. The average molecular weight is 252 g/mol. The van der Waals surface area contributed by atoms with Crippen LogP contribution in [0.1, 0.15) is 6.92 Å². The van der Waals surface area contributed by atoms with E-state index in [-0.39, 0.29) is 5.91 Å². The number of carbonyl (C=O) groups is 1. The Hall–Kier alpha value is -2.69. The van der Waals surface area contributed by atoms with Gasteiger partial charge in [0.05, 0.1) is 5.69 Å². The Morgan fingerprint density at radius 3 is 2.11 bits per heavy atom. The van der Waals surface area contributed by atoms with Crippen molar-refractivity contribution in [1.29, 1.82) is 0 Å². The highest BCUT2D eigenvalue weighted by Gasteiger charge is 2.03. The van der Waals surface area contributed by atoms with E-state index in [0.717, 1.165) is 22.4 Å². The molecule has 5 nitrogen and oxygen atoms in total. The number of amides is 1. The van der Waals surface area contributed by atoms with Gasteiger partial charge in [-0.2, -0.15) is 4.80 Å². The summed E-state index contributed by atoms with van der Waals surface area (Å²) in [5, 5.41) is 11.5. The van der Waals surface area contributed by atoms with Gasteiger partial charge in [0.15, 0.2) is 0 Å². The molecule has 5 heteroatoms. The molecule has 3 rings (SSSR count). The second-order valence-electron chi connectivity index (χ2n) is 4.21. The highest BCUT2D eigenvalue weighted by molar-refractivity contribution is 5.88. The number of benzene rings is 2. The van der Waals surface area contributed by atoms with Crippen LogP contribution in [-0.4, -0.2) is 20.9 Å². The summed E-state index contributed by atoms with van der Waals surface area (Å²) < 4.78 is 0. The van der Waals surface area contributed by atoms with E-state index >= 15 is 0 Å². The number of hydrogen-bond acceptors (Lipinski definition) is 3. The highest BCUT2D eigenvalue weighted by Crippen LogP contribution is 2.14. The smallest absolute Gasteiger partial charge is 0.221 e. The molecule has 1 amide bonds. The van der Waals surface area contributed by atoms with E-state index in [1.165, 1.54) is 6.92 Å². The van der Waals surface area contributed by atoms with Crippen LogP contribution in [0.2, 0.25) is 0 Å². The van der Waals surface area contributed by atoms with Gasteiger partial charge in [0.25, 0.3) is 0 Å². The third-order valence-electron chi connectivity index (χ3n) is 2.71. The quantitative estimate of drug-likeness (QED) is 0.761. The van der Waals surface area contributed by atoms with E-state index in [0.29, 0.717) is 0 Å². The number of aromatic nitrogens is 3. The first-order chi connectivity index (χ1) is 9.22. The Morgan fingerprint density at radius 2 is 1.58 bits per heavy atom. The number of nitrogens with one attached hydrogen (secondary N) is 1. The summed E-state index contributed by atoms with van der Waals surface area (Å²) in [6.45, 7) is 1.48. The summed E-state index contributed by atoms with van der Waals surface area (Å²) >= 11 is 0. The van der Waals surface area contributed by atoms with Crippen LogP contribution in [0.15, 0.2) is 48.5 Å². The molecular weight excluding hydrogens is 240 g/mol. The summed E-state index contributed by atoms with van der Waals surface area (Å²) in [7, 11) is 0. The van der Waals surface area contributed by atoms with Crippen LogP contribution in [0.3, 0.4) is 0 Å². The molecule has 1 N–H and O–H groups in total. The molecule has 0 bridgehead atoms. The average Bonchev–Trinajstić information content (AvgIpc) is 2.82. The summed E-state index contributed by atoms with van der Waals surface area (Å²) in [6, 6.07) is 15.1. The molecule has 0 aliphatic carbocycles. The zero-order valence-corrected chi connectivity index (χ0v) is 10.4. The third-order valence-corrected chi connectivity index (χ3v) is 2.71. The van der Waals surface area contributed by atoms with Gasteiger partial charge in [0.2, 0.25) is 5.91 Å². The number of carbonyl (C=O) groups excluding carboxylic acids is 1. The summed E-state index contributed by atoms with van der Waals surface area (Å²) in [4.78, 5) is 12.5. The Balaban J connectivity index is 1.95. The lowest BCUT2D eigenvalue weighted by molar-refractivity contribution is -0.114. The number of hydrogen-bond donors (Lipinski definition) is 1. The minimum atomic E-state index is -0.0873. The lowest BCUT2D eigenvalue weighted by Gasteiger charge is -2.03. The predicted molar refractivity (Wildman–Crippen MR) is 73.2 cm³/mol. The van der Waals surface area contributed by atoms with Gasteiger partial charge >= 0.3 is 0 Å². The number of nitrogens with zero attached hydrogens (tertiary/aromatic N) is 3. The molecule has 0 spiro atoms. The van der Waals surface area contributed by atoms with Crippen molar-refractivity contribution in [3.63, 3.8) is 0 Å². The van der Waals surface area contributed by atoms with Gasteiger partial charge in [-0.1, -0.05) is 12.1 Å². The van der Waals surface area contributed by atoms with Crippen molar-refractivity contribution in [2.24, 2.45) is 0 Å². The van der Waals surface area contributed by atoms with Crippen LogP contribution >= 0.6 is 0 Å². The fraction of sp³-hybridized carbons (Fsp3) is 0.0714. The molecule has 0 unspecified atom stereocenters. The van der Waals surface area contributed by atoms with Crippen LogP contribution in [0.5, 0.6) is 0 Å². The van der Waals surface area contributed by atoms with E-state index in [2.05, 4.69) is 15.5 Å². The van der Waals surface area contributed by atoms with Crippen molar-refractivity contribution in [2.75, 3.05) is 5.32 Å². The predicted octanol–water partition coefficient (Wildman–Crippen LogP) is 2.38. The lowest BCUT2D eigenvalue weighted by atomic mass is 10.3. The topological polar surface area (TPSA) is 59.8 Å². The standard InChI is InChI=1S/C14H12N4O/c1-10(19)15-11-6-8-12(9-7-11)18-16-13-4-2-3-5-14(13)17-18/h2-9H,1H3,(H,15,19). The number of anilines is 1. The molecule has 0 fully saturated rings. The van der Waals surface area contributed by atoms with Crippen molar-refractivity contribution in [3.05, 3.63) is 48.5 Å². The maximum Gasteiger partial charge on any atom is 0.221 e. The molecule has 94 valence electrons. The van der Waals surface area contributed by atoms with Crippen molar-refractivity contribution >= 4 is 22.6 Å². The number of fused-ring (bicyclic) bond motifs is 1. The Labute approximate surface area is 109 Å². The van der Waals surface area contributed by atoms with Crippen LogP contribution < -0.4 is 5.32 Å². The fourth-order valence-electron chi connectivity index (χ4n) is 1.86. The molecule has 0 aliphatic heterocycles. The van der Waals surface area contributed by atoms with Gasteiger partial charge in [-0.15, -0.1) is 10.2 Å². The van der Waals surface area contributed by atoms with Crippen molar-refractivity contribution in [2.45, 2.75) is 6.92 Å². The van der Waals surface area contributed by atoms with Crippen LogP contribution in [0.25, 0.3) is 16.7 Å². The molecule has 1 aromatic heterocycles. The maximum absolute atomic E-state index is 10.9. The molecule has 2 aromatic carbocycles. The molecule has 1 heterocycles. The highest BCUT2D eigenvalue weighted by atomic mass is 16.1. The van der Waals surface area contributed by atoms with Crippen molar-refractivity contribution < 1.29 is 4.79 Å². The van der Waals surface area contributed by atoms with E-state index in [1.54, 1.807) is 4.80 Å². The molecule has 0 aliphatic rings. The Morgan fingerprint density at radius 1 is 1.00 bits per heavy atom. The molecule has 0 radical (unpaired) electrons. The first-order valence-corrected chi connectivity index (χ1v) is 5.92. The van der Waals surface area contributed by atoms with Gasteiger partial charge in [0.1, 0.15) is 11.0 Å². The van der Waals surface area contributed by atoms with Gasteiger partial charge in [-0.3, -0.25) is 4.79 Å². The van der Waals surface area contributed by atoms with Gasteiger partial charge < -0.3 is 5.32 Å². The number of rotatable bonds is 2. The van der Waals surface area contributed by atoms with E-state index in [9.17, 15) is 4.79 Å². The maximum atomic E-state index is 10.9. The molecule has 0 saturated carbocycles. The zero-order chi connectivity index (χ0) is 13.2. The minimum absolute atomic E-state index is 0.0873. The van der Waals surface area contributed by atoms with E-state index in [1.807, 2.05) is 48.5 Å². The van der Waals surface area contributed by atoms with E-state index < -0.39 is 0 Å². The monoisotopic (exact) mass is 252 g/mol. The fourth-order valence-corrected chi connectivity index (χ4v) is 1.86. The largest absolute Gasteiger partial charge is 0.326 e. The lowest BCUT2D eigenvalue weighted by Crippen LogP contribution is -2.06. The van der Waals surface area contributed by atoms with Crippen LogP contribution in [0.4, 0.5) is 5.69 Å². The molecule has 0 saturated heterocycles. The minimum Gasteiger partial charge on any atom is -0.326 e. The summed E-state index contributed by atoms with van der Waals surface area (Å²) in [5.41, 5.74) is 3.32. The third kappa shape index (κ3) is 2.30. The Kier molecular flexibility index (Phi) is 2.72. The van der Waals surface area contributed by atoms with Gasteiger partial charge in [0, 0.05) is 12.6 Å². The first-order valence-electron chi connectivity index (χ1n) is 5.92. The second-order valence-corrected chi connectivity index (χ2v) is 4.21. The zero-order valence-electron chi connectivity index (χ0n) is 10.4. The van der Waals surface area contributed by atoms with Crippen LogP contribution in [0, 0.1) is 0 Å². The van der Waals surface area contributed by atoms with Gasteiger partial charge in [-0.05, 0) is 36.4 Å². The van der Waals surface area contributed by atoms with Crippen LogP contribution in [-0.2, 0) is 4.79 Å². The SMILES string of the molecule is CC(=O)Nc1ccc(-n2nc3ccccc3n2)cc1. The normalized spacial score (nSPS) is 10.6. The van der Waals surface area contributed by atoms with Crippen molar-refractivity contribution in [1.82, 2.24) is 15.0 Å². The van der Waals surface area contributed by atoms with E-state index in [4.69, 9.17) is 0 Å². The Bertz CT molecular complexity index is 698. The second kappa shape index (κ2) is 4.53. The van der Waals surface area contributed by atoms with Crippen molar-refractivity contribution in [3.8, 4) is 5.69 Å².